The van der Waals surface area contributed by atoms with E-state index in [0.29, 0.717) is 5.57 Å². The molecule has 1 aliphatic heterocycles. The Morgan fingerprint density at radius 3 is 2.29 bits per heavy atom. The molecule has 4 aliphatic rings. The Hall–Kier alpha value is -3.03. The van der Waals surface area contributed by atoms with Crippen LogP contribution in [0.25, 0.3) is 0 Å². The molecule has 8 heteroatoms. The molecule has 6 atom stereocenters. The van der Waals surface area contributed by atoms with Crippen LogP contribution in [0.3, 0.4) is 0 Å². The Bertz CT molecular complexity index is 1170. The second-order valence-corrected chi connectivity index (χ2v) is 11.0. The molecule has 0 radical (unpaired) electrons. The maximum Gasteiger partial charge on any atom is 0.326 e. The van der Waals surface area contributed by atoms with Gasteiger partial charge in [0, 0.05) is 5.41 Å². The van der Waals surface area contributed by atoms with Crippen LogP contribution < -0.4 is 0 Å². The van der Waals surface area contributed by atoms with E-state index in [1.165, 1.54) is 26.8 Å². The Balaban J connectivity index is 2.19. The van der Waals surface area contributed by atoms with E-state index < -0.39 is 68.4 Å². The van der Waals surface area contributed by atoms with Crippen LogP contribution in [0.15, 0.2) is 35.6 Å². The molecule has 3 aliphatic carbocycles. The van der Waals surface area contributed by atoms with E-state index >= 15 is 0 Å². The average molecular weight is 471 g/mol. The van der Waals surface area contributed by atoms with Gasteiger partial charge in [0.15, 0.2) is 28.8 Å². The van der Waals surface area contributed by atoms with Crippen LogP contribution in [-0.2, 0) is 33.4 Å². The molecule has 1 heterocycles. The molecule has 2 fully saturated rings. The molecule has 4 rings (SSSR count). The molecule has 182 valence electrons. The molecule has 8 nitrogen and oxygen atoms in total. The zero-order valence-electron chi connectivity index (χ0n) is 20.5. The smallest absolute Gasteiger partial charge is 0.326 e. The third kappa shape index (κ3) is 2.14. The Morgan fingerprint density at radius 2 is 1.74 bits per heavy atom. The number of allylic oxidation sites excluding steroid dienone is 5. The number of hydrogen-bond donors (Lipinski definition) is 1. The average Bonchev–Trinajstić information content (AvgIpc) is 2.75. The Morgan fingerprint density at radius 1 is 1.15 bits per heavy atom. The third-order valence-electron chi connectivity index (χ3n) is 9.34. The van der Waals surface area contributed by atoms with Gasteiger partial charge >= 0.3 is 11.9 Å². The predicted molar refractivity (Wildman–Crippen MR) is 119 cm³/mol. The molecule has 34 heavy (non-hydrogen) atoms. The van der Waals surface area contributed by atoms with Crippen molar-refractivity contribution in [3.63, 3.8) is 0 Å². The summed E-state index contributed by atoms with van der Waals surface area (Å²) in [5.41, 5.74) is -7.96. The summed E-state index contributed by atoms with van der Waals surface area (Å²) in [6, 6.07) is 0. The van der Waals surface area contributed by atoms with Crippen LogP contribution in [0.5, 0.6) is 0 Å². The summed E-state index contributed by atoms with van der Waals surface area (Å²) in [4.78, 5) is 67.9. The number of aliphatic hydroxyl groups is 1. The van der Waals surface area contributed by atoms with Crippen LogP contribution in [0.4, 0.5) is 0 Å². The topological polar surface area (TPSA) is 124 Å². The molecule has 0 aromatic rings. The van der Waals surface area contributed by atoms with Crippen molar-refractivity contribution in [1.29, 1.82) is 0 Å². The first kappa shape index (κ1) is 24.1. The van der Waals surface area contributed by atoms with Crippen molar-refractivity contribution in [3.05, 3.63) is 35.6 Å². The molecule has 1 saturated carbocycles. The van der Waals surface area contributed by atoms with Crippen molar-refractivity contribution in [2.45, 2.75) is 54.1 Å². The van der Waals surface area contributed by atoms with Crippen molar-refractivity contribution in [3.8, 4) is 0 Å². The normalized spacial score (nSPS) is 43.1. The van der Waals surface area contributed by atoms with Gasteiger partial charge in [-0.15, -0.1) is 0 Å². The van der Waals surface area contributed by atoms with Gasteiger partial charge in [-0.05, 0) is 51.7 Å². The lowest BCUT2D eigenvalue weighted by molar-refractivity contribution is -0.225. The first-order valence-corrected chi connectivity index (χ1v) is 11.3. The highest BCUT2D eigenvalue weighted by molar-refractivity contribution is 6.19. The zero-order valence-corrected chi connectivity index (χ0v) is 20.5. The van der Waals surface area contributed by atoms with Crippen LogP contribution in [0.1, 0.15) is 48.0 Å². The summed E-state index contributed by atoms with van der Waals surface area (Å²) in [7, 11) is 1.07. The van der Waals surface area contributed by atoms with Crippen molar-refractivity contribution >= 4 is 29.3 Å². The van der Waals surface area contributed by atoms with Crippen molar-refractivity contribution < 1.29 is 38.6 Å². The molecule has 0 bridgehead atoms. The SMILES string of the molecule is C=C1C[C@@H]2[C@@]3(C)C=CC(=O)C(C)(C)C3=C(O)C(=O)[C@@]2(C)C2(C(=O)OC)C(=O)O[C@H](C)C(=O)[C@@]12C. The number of ketones is 3. The lowest BCUT2D eigenvalue weighted by Gasteiger charge is -2.66. The van der Waals surface area contributed by atoms with Gasteiger partial charge in [-0.3, -0.25) is 24.0 Å². The number of ether oxygens (including phenoxy) is 2. The van der Waals surface area contributed by atoms with Gasteiger partial charge in [0.25, 0.3) is 0 Å². The molecule has 1 N–H and O–H groups in total. The number of methoxy groups -OCH3 is 1. The van der Waals surface area contributed by atoms with Gasteiger partial charge in [-0.25, -0.2) is 0 Å². The fourth-order valence-corrected chi connectivity index (χ4v) is 7.52. The van der Waals surface area contributed by atoms with E-state index in [0.717, 1.165) is 7.11 Å². The van der Waals surface area contributed by atoms with Crippen LogP contribution in [0.2, 0.25) is 0 Å². The van der Waals surface area contributed by atoms with Crippen LogP contribution >= 0.6 is 0 Å². The number of esters is 2. The van der Waals surface area contributed by atoms with Crippen LogP contribution in [-0.4, -0.2) is 47.6 Å². The third-order valence-corrected chi connectivity index (χ3v) is 9.34. The fraction of sp³-hybridized carbons (Fsp3) is 0.577. The number of fused-ring (bicyclic) bond motifs is 5. The van der Waals surface area contributed by atoms with Crippen LogP contribution in [0, 0.1) is 33.0 Å². The highest BCUT2D eigenvalue weighted by Gasteiger charge is 2.84. The minimum absolute atomic E-state index is 0.102. The van der Waals surface area contributed by atoms with E-state index in [1.807, 2.05) is 0 Å². The summed E-state index contributed by atoms with van der Waals surface area (Å²) in [6.45, 7) is 13.4. The summed E-state index contributed by atoms with van der Waals surface area (Å²) >= 11 is 0. The maximum absolute atomic E-state index is 14.1. The summed E-state index contributed by atoms with van der Waals surface area (Å²) in [5, 5.41) is 11.3. The van der Waals surface area contributed by atoms with E-state index in [-0.39, 0.29) is 17.8 Å². The number of carbonyl (C=O) groups excluding carboxylic acids is 5. The highest BCUT2D eigenvalue weighted by Crippen LogP contribution is 2.74. The number of hydrogen-bond acceptors (Lipinski definition) is 8. The molecule has 0 aromatic carbocycles. The molecule has 0 spiro atoms. The van der Waals surface area contributed by atoms with E-state index in [9.17, 15) is 29.1 Å². The standard InChI is InChI=1S/C26H30O8/c1-12-11-14-23(5)10-9-15(27)22(3,4)17(23)16(28)19(30)25(14,7)26(20(31)33-8)21(32)34-13(2)18(29)24(12,26)6/h9-10,13-14,28H,1,11H2,2-8H3/t13-,14-,23-,24-,25+,26?/m1/s1. The van der Waals surface area contributed by atoms with Gasteiger partial charge in [0.1, 0.15) is 0 Å². The highest BCUT2D eigenvalue weighted by atomic mass is 16.6. The number of carbonyl (C=O) groups is 5. The number of cyclic esters (lactones) is 1. The molecule has 1 unspecified atom stereocenters. The second kappa shape index (κ2) is 6.55. The van der Waals surface area contributed by atoms with Gasteiger partial charge in [0.2, 0.25) is 5.78 Å². The first-order valence-electron chi connectivity index (χ1n) is 11.3. The molecule has 0 aromatic heterocycles. The van der Waals surface area contributed by atoms with Gasteiger partial charge in [-0.2, -0.15) is 0 Å². The maximum atomic E-state index is 14.1. The fourth-order valence-electron chi connectivity index (χ4n) is 7.52. The molecule has 1 saturated heterocycles. The number of rotatable bonds is 1. The summed E-state index contributed by atoms with van der Waals surface area (Å²) in [6.07, 6.45) is 1.96. The summed E-state index contributed by atoms with van der Waals surface area (Å²) < 4.78 is 10.5. The lowest BCUT2D eigenvalue weighted by atomic mass is 9.33. The summed E-state index contributed by atoms with van der Waals surface area (Å²) in [5.74, 6) is -5.40. The second-order valence-electron chi connectivity index (χ2n) is 11.0. The van der Waals surface area contributed by atoms with Crippen molar-refractivity contribution in [2.24, 2.45) is 33.0 Å². The minimum Gasteiger partial charge on any atom is -0.504 e. The van der Waals surface area contributed by atoms with Gasteiger partial charge < -0.3 is 14.6 Å². The molecular formula is C26H30O8. The first-order chi connectivity index (χ1) is 15.5. The van der Waals surface area contributed by atoms with E-state index in [4.69, 9.17) is 9.47 Å². The molecule has 0 amide bonds. The lowest BCUT2D eigenvalue weighted by Crippen LogP contribution is -2.77. The monoisotopic (exact) mass is 470 g/mol. The predicted octanol–water partition coefficient (Wildman–Crippen LogP) is 2.82. The quantitative estimate of drug-likeness (QED) is 0.352. The number of aliphatic hydroxyl groups excluding tert-OH is 1. The van der Waals surface area contributed by atoms with E-state index in [2.05, 4.69) is 6.58 Å². The molecular weight excluding hydrogens is 440 g/mol. The minimum atomic E-state index is -2.42. The van der Waals surface area contributed by atoms with Gasteiger partial charge in [-0.1, -0.05) is 32.1 Å². The Kier molecular flexibility index (Phi) is 4.64. The number of Topliss-reactive ketones (excluding diaryl/α,β-unsaturated/α-hetero) is 2. The van der Waals surface area contributed by atoms with E-state index in [1.54, 1.807) is 26.8 Å². The largest absolute Gasteiger partial charge is 0.504 e. The van der Waals surface area contributed by atoms with Crippen molar-refractivity contribution in [2.75, 3.05) is 7.11 Å². The zero-order chi connectivity index (χ0) is 25.8. The van der Waals surface area contributed by atoms with Crippen molar-refractivity contribution in [1.82, 2.24) is 0 Å². The van der Waals surface area contributed by atoms with Gasteiger partial charge in [0.05, 0.1) is 23.4 Å². The Labute approximate surface area is 198 Å².